The maximum absolute atomic E-state index is 12.4. The maximum Gasteiger partial charge on any atom is 0.327 e. The van der Waals surface area contributed by atoms with E-state index in [0.29, 0.717) is 6.54 Å². The van der Waals surface area contributed by atoms with E-state index >= 15 is 0 Å². The number of carboxylic acid groups (broad SMARTS) is 2. The fourth-order valence-corrected chi connectivity index (χ4v) is 2.89. The monoisotopic (exact) mass is 480 g/mol. The highest BCUT2D eigenvalue weighted by atomic mass is 32.1. The number of carbonyl (C=O) groups excluding carboxylic acids is 3. The van der Waals surface area contributed by atoms with Crippen LogP contribution in [-0.4, -0.2) is 63.8 Å². The van der Waals surface area contributed by atoms with E-state index in [4.69, 9.17) is 10.2 Å². The van der Waals surface area contributed by atoms with E-state index < -0.39 is 54.2 Å². The Labute approximate surface area is 196 Å². The van der Waals surface area contributed by atoms with Crippen LogP contribution in [0.2, 0.25) is 0 Å². The van der Waals surface area contributed by atoms with Crippen molar-refractivity contribution in [1.29, 1.82) is 0 Å². The van der Waals surface area contributed by atoms with Gasteiger partial charge >= 0.3 is 11.9 Å². The SMILES string of the molecule is C=CNCc1ccc(CC(=O)N[C@H](C)C(=O)N[C@H](CC(=O)O)C(=O)N[C@H](CS)C(=O)O)cc1. The van der Waals surface area contributed by atoms with Crippen molar-refractivity contribution < 1.29 is 34.2 Å². The third-order valence-corrected chi connectivity index (χ3v) is 4.78. The molecule has 1 aromatic carbocycles. The van der Waals surface area contributed by atoms with Crippen LogP contribution in [0.15, 0.2) is 37.0 Å². The van der Waals surface area contributed by atoms with E-state index in [1.807, 2.05) is 12.1 Å². The number of thiol groups is 1. The van der Waals surface area contributed by atoms with Gasteiger partial charge in [-0.05, 0) is 24.3 Å². The third-order valence-electron chi connectivity index (χ3n) is 4.42. The normalized spacial score (nSPS) is 13.0. The maximum atomic E-state index is 12.4. The molecule has 0 unspecified atom stereocenters. The second-order valence-corrected chi connectivity index (χ2v) is 7.47. The van der Waals surface area contributed by atoms with Crippen molar-refractivity contribution in [3.63, 3.8) is 0 Å². The lowest BCUT2D eigenvalue weighted by molar-refractivity contribution is -0.143. The van der Waals surface area contributed by atoms with Gasteiger partial charge in [-0.15, -0.1) is 0 Å². The topological polar surface area (TPSA) is 174 Å². The second-order valence-electron chi connectivity index (χ2n) is 7.11. The summed E-state index contributed by atoms with van der Waals surface area (Å²) in [6.07, 6.45) is 0.807. The van der Waals surface area contributed by atoms with E-state index in [2.05, 4.69) is 40.5 Å². The molecule has 0 spiro atoms. The first-order valence-electron chi connectivity index (χ1n) is 9.95. The zero-order chi connectivity index (χ0) is 25.0. The molecule has 33 heavy (non-hydrogen) atoms. The van der Waals surface area contributed by atoms with Gasteiger partial charge in [-0.2, -0.15) is 12.6 Å². The standard InChI is InChI=1S/C21H28N4O7S/c1-3-22-10-14-6-4-13(5-7-14)8-17(26)23-12(2)19(29)24-15(9-18(27)28)20(30)25-16(11-33)21(31)32/h3-7,12,15-16,22,33H,1,8-11H2,2H3,(H,23,26)(H,24,29)(H,25,30)(H,27,28)(H,31,32)/t12-,15-,16-/m1/s1. The molecule has 0 aliphatic rings. The Morgan fingerprint density at radius 3 is 2.06 bits per heavy atom. The molecule has 0 saturated heterocycles. The van der Waals surface area contributed by atoms with E-state index in [1.165, 1.54) is 6.92 Å². The fourth-order valence-electron chi connectivity index (χ4n) is 2.65. The van der Waals surface area contributed by atoms with E-state index in [1.54, 1.807) is 18.3 Å². The molecule has 0 aliphatic carbocycles. The molecule has 12 heteroatoms. The minimum Gasteiger partial charge on any atom is -0.481 e. The van der Waals surface area contributed by atoms with Gasteiger partial charge in [0.1, 0.15) is 18.1 Å². The zero-order valence-corrected chi connectivity index (χ0v) is 18.9. The Balaban J connectivity index is 2.68. The molecule has 0 heterocycles. The number of carbonyl (C=O) groups is 5. The minimum absolute atomic E-state index is 0.00800. The molecule has 1 aromatic rings. The lowest BCUT2D eigenvalue weighted by atomic mass is 10.1. The van der Waals surface area contributed by atoms with Crippen molar-refractivity contribution >= 4 is 42.3 Å². The smallest absolute Gasteiger partial charge is 0.327 e. The summed E-state index contributed by atoms with van der Waals surface area (Å²) in [7, 11) is 0. The molecule has 6 N–H and O–H groups in total. The van der Waals surface area contributed by atoms with Crippen LogP contribution in [0.1, 0.15) is 24.5 Å². The summed E-state index contributed by atoms with van der Waals surface area (Å²) in [4.78, 5) is 59.1. The average molecular weight is 481 g/mol. The van der Waals surface area contributed by atoms with Crippen molar-refractivity contribution in [2.75, 3.05) is 5.75 Å². The van der Waals surface area contributed by atoms with Crippen LogP contribution >= 0.6 is 12.6 Å². The van der Waals surface area contributed by atoms with Crippen LogP contribution in [0.3, 0.4) is 0 Å². The van der Waals surface area contributed by atoms with E-state index in [-0.39, 0.29) is 12.2 Å². The summed E-state index contributed by atoms with van der Waals surface area (Å²) in [5.41, 5.74) is 1.72. The first-order valence-corrected chi connectivity index (χ1v) is 10.6. The molecule has 1 rings (SSSR count). The molecule has 0 saturated carbocycles. The number of hydrogen-bond acceptors (Lipinski definition) is 7. The van der Waals surface area contributed by atoms with Crippen LogP contribution in [0.4, 0.5) is 0 Å². The summed E-state index contributed by atoms with van der Waals surface area (Å²) < 4.78 is 0. The number of nitrogens with one attached hydrogen (secondary N) is 4. The quantitative estimate of drug-likeness (QED) is 0.173. The molecular weight excluding hydrogens is 452 g/mol. The van der Waals surface area contributed by atoms with Crippen molar-refractivity contribution in [2.24, 2.45) is 0 Å². The molecule has 180 valence electrons. The highest BCUT2D eigenvalue weighted by Gasteiger charge is 2.29. The largest absolute Gasteiger partial charge is 0.481 e. The first-order chi connectivity index (χ1) is 15.6. The van der Waals surface area contributed by atoms with Crippen molar-refractivity contribution in [3.8, 4) is 0 Å². The number of carboxylic acids is 2. The van der Waals surface area contributed by atoms with Gasteiger partial charge in [-0.1, -0.05) is 30.8 Å². The molecule has 0 fully saturated rings. The van der Waals surface area contributed by atoms with Gasteiger partial charge in [0, 0.05) is 12.3 Å². The Kier molecular flexibility index (Phi) is 11.5. The number of benzene rings is 1. The van der Waals surface area contributed by atoms with Gasteiger partial charge in [0.25, 0.3) is 0 Å². The summed E-state index contributed by atoms with van der Waals surface area (Å²) in [5, 5.41) is 27.8. The average Bonchev–Trinajstić information content (AvgIpc) is 2.75. The van der Waals surface area contributed by atoms with Gasteiger partial charge in [-0.3, -0.25) is 19.2 Å². The summed E-state index contributed by atoms with van der Waals surface area (Å²) in [6, 6.07) is 3.28. The van der Waals surface area contributed by atoms with Crippen molar-refractivity contribution in [3.05, 3.63) is 48.2 Å². The Bertz CT molecular complexity index is 876. The molecule has 0 bridgehead atoms. The number of aliphatic carboxylic acids is 2. The van der Waals surface area contributed by atoms with Crippen LogP contribution in [-0.2, 0) is 36.9 Å². The van der Waals surface area contributed by atoms with Gasteiger partial charge in [0.2, 0.25) is 17.7 Å². The number of rotatable bonds is 14. The summed E-state index contributed by atoms with van der Waals surface area (Å²) in [5.74, 6) is -5.20. The predicted octanol–water partition coefficient (Wildman–Crippen LogP) is -0.574. The fraction of sp³-hybridized carbons (Fsp3) is 0.381. The highest BCUT2D eigenvalue weighted by Crippen LogP contribution is 2.06. The van der Waals surface area contributed by atoms with Crippen LogP contribution in [0.25, 0.3) is 0 Å². The number of hydrogen-bond donors (Lipinski definition) is 7. The number of amides is 3. The van der Waals surface area contributed by atoms with Crippen LogP contribution in [0.5, 0.6) is 0 Å². The molecule has 0 aliphatic heterocycles. The first kappa shape index (κ1) is 27.5. The Morgan fingerprint density at radius 2 is 1.55 bits per heavy atom. The zero-order valence-electron chi connectivity index (χ0n) is 18.0. The van der Waals surface area contributed by atoms with Crippen LogP contribution in [0, 0.1) is 0 Å². The second kappa shape index (κ2) is 13.8. The van der Waals surface area contributed by atoms with Crippen molar-refractivity contribution in [1.82, 2.24) is 21.3 Å². The highest BCUT2D eigenvalue weighted by molar-refractivity contribution is 7.80. The minimum atomic E-state index is -1.53. The Morgan fingerprint density at radius 1 is 0.970 bits per heavy atom. The molecular formula is C21H28N4O7S. The molecule has 3 atom stereocenters. The van der Waals surface area contributed by atoms with E-state index in [0.717, 1.165) is 11.1 Å². The van der Waals surface area contributed by atoms with Crippen molar-refractivity contribution in [2.45, 2.75) is 44.4 Å². The lowest BCUT2D eigenvalue weighted by Crippen LogP contribution is -2.56. The summed E-state index contributed by atoms with van der Waals surface area (Å²) >= 11 is 3.82. The molecule has 0 radical (unpaired) electrons. The molecule has 0 aromatic heterocycles. The van der Waals surface area contributed by atoms with E-state index in [9.17, 15) is 24.0 Å². The van der Waals surface area contributed by atoms with Gasteiger partial charge in [0.15, 0.2) is 0 Å². The van der Waals surface area contributed by atoms with Gasteiger partial charge in [-0.25, -0.2) is 4.79 Å². The van der Waals surface area contributed by atoms with Gasteiger partial charge in [0.05, 0.1) is 12.8 Å². The molecule has 3 amide bonds. The predicted molar refractivity (Wildman–Crippen MR) is 122 cm³/mol. The van der Waals surface area contributed by atoms with Gasteiger partial charge < -0.3 is 31.5 Å². The lowest BCUT2D eigenvalue weighted by Gasteiger charge is -2.21. The third kappa shape index (κ3) is 10.1. The Hall–Kier alpha value is -3.54. The summed E-state index contributed by atoms with van der Waals surface area (Å²) in [6.45, 7) is 5.54. The molecule has 11 nitrogen and oxygen atoms in total. The van der Waals surface area contributed by atoms with Crippen LogP contribution < -0.4 is 21.3 Å².